The first kappa shape index (κ1) is 22.1. The first-order valence-corrected chi connectivity index (χ1v) is 11.5. The van der Waals surface area contributed by atoms with Gasteiger partial charge in [0.1, 0.15) is 11.4 Å². The number of aromatic nitrogens is 1. The van der Waals surface area contributed by atoms with E-state index in [1.54, 1.807) is 0 Å². The van der Waals surface area contributed by atoms with Crippen LogP contribution in [0.1, 0.15) is 91.2 Å². The predicted molar refractivity (Wildman–Crippen MR) is 118 cm³/mol. The van der Waals surface area contributed by atoms with Crippen LogP contribution in [0.15, 0.2) is 18.3 Å². The van der Waals surface area contributed by atoms with E-state index >= 15 is 0 Å². The lowest BCUT2D eigenvalue weighted by Gasteiger charge is -2.39. The molecule has 0 unspecified atom stereocenters. The molecule has 1 amide bonds. The van der Waals surface area contributed by atoms with Gasteiger partial charge in [-0.3, -0.25) is 9.80 Å². The summed E-state index contributed by atoms with van der Waals surface area (Å²) in [5, 5.41) is 0. The fraction of sp³-hybridized carbons (Fsp3) is 0.750. The molecule has 1 aliphatic heterocycles. The predicted octanol–water partition coefficient (Wildman–Crippen LogP) is 5.95. The molecular formula is C24H39N3O2. The highest BCUT2D eigenvalue weighted by Crippen LogP contribution is 2.38. The minimum absolute atomic E-state index is 0.181. The minimum atomic E-state index is -0.516. The monoisotopic (exact) mass is 401 g/mol. The number of piperidine rings is 1. The van der Waals surface area contributed by atoms with Crippen molar-refractivity contribution in [2.75, 3.05) is 18.0 Å². The first-order valence-electron chi connectivity index (χ1n) is 11.5. The fourth-order valence-electron chi connectivity index (χ4n) is 4.78. The molecule has 1 aromatic heterocycles. The van der Waals surface area contributed by atoms with Crippen LogP contribution in [-0.4, -0.2) is 40.7 Å². The molecule has 1 atom stereocenters. The Morgan fingerprint density at radius 3 is 2.55 bits per heavy atom. The minimum Gasteiger partial charge on any atom is -0.443 e. The van der Waals surface area contributed by atoms with Gasteiger partial charge in [0, 0.05) is 30.4 Å². The lowest BCUT2D eigenvalue weighted by Crippen LogP contribution is -2.44. The topological polar surface area (TPSA) is 45.7 Å². The lowest BCUT2D eigenvalue weighted by atomic mass is 9.94. The van der Waals surface area contributed by atoms with Crippen molar-refractivity contribution in [2.45, 2.75) is 97.2 Å². The van der Waals surface area contributed by atoms with Gasteiger partial charge in [0.25, 0.3) is 0 Å². The van der Waals surface area contributed by atoms with Gasteiger partial charge in [0.2, 0.25) is 0 Å². The van der Waals surface area contributed by atoms with Crippen LogP contribution in [0.4, 0.5) is 10.6 Å². The molecule has 0 spiro atoms. The summed E-state index contributed by atoms with van der Waals surface area (Å²) in [4.78, 5) is 22.5. The number of pyridine rings is 1. The van der Waals surface area contributed by atoms with Crippen LogP contribution in [0.2, 0.25) is 0 Å². The van der Waals surface area contributed by atoms with Crippen LogP contribution < -0.4 is 4.90 Å². The average Bonchev–Trinajstić information content (AvgIpc) is 3.15. The Kier molecular flexibility index (Phi) is 7.20. The van der Waals surface area contributed by atoms with E-state index in [0.29, 0.717) is 12.0 Å². The SMILES string of the molecule is CC(C)CN1CCCC[C@H]1c1cccnc1N(C(=O)OC(C)(C)C)C1CCCC1. The number of nitrogens with zero attached hydrogens (tertiary/aromatic N) is 3. The zero-order chi connectivity index (χ0) is 21.0. The Morgan fingerprint density at radius 2 is 1.90 bits per heavy atom. The zero-order valence-corrected chi connectivity index (χ0v) is 19.0. The number of carbonyl (C=O) groups is 1. The lowest BCUT2D eigenvalue weighted by molar-refractivity contribution is 0.0563. The second kappa shape index (κ2) is 9.46. The van der Waals surface area contributed by atoms with Crippen molar-refractivity contribution in [1.29, 1.82) is 0 Å². The van der Waals surface area contributed by atoms with E-state index in [-0.39, 0.29) is 12.1 Å². The maximum Gasteiger partial charge on any atom is 0.416 e. The third-order valence-corrected chi connectivity index (χ3v) is 5.90. The molecule has 1 saturated carbocycles. The maximum atomic E-state index is 13.3. The third-order valence-electron chi connectivity index (χ3n) is 5.90. The second-order valence-corrected chi connectivity index (χ2v) is 10.1. The summed E-state index contributed by atoms with van der Waals surface area (Å²) in [6.07, 6.45) is 9.53. The fourth-order valence-corrected chi connectivity index (χ4v) is 4.78. The normalized spacial score (nSPS) is 21.5. The van der Waals surface area contributed by atoms with Crippen LogP contribution in [-0.2, 0) is 4.74 Å². The van der Waals surface area contributed by atoms with E-state index in [4.69, 9.17) is 9.72 Å². The standard InChI is InChI=1S/C24H39N3O2/c1-18(2)17-26-16-9-8-14-21(26)20-13-10-15-25-22(20)27(19-11-6-7-12-19)23(28)29-24(3,4)5/h10,13,15,18-19,21H,6-9,11-12,14,16-17H2,1-5H3/t21-/m0/s1. The van der Waals surface area contributed by atoms with Crippen molar-refractivity contribution in [1.82, 2.24) is 9.88 Å². The molecule has 2 heterocycles. The quantitative estimate of drug-likeness (QED) is 0.612. The van der Waals surface area contributed by atoms with Gasteiger partial charge in [-0.2, -0.15) is 0 Å². The van der Waals surface area contributed by atoms with Gasteiger partial charge in [0.15, 0.2) is 0 Å². The van der Waals surface area contributed by atoms with E-state index in [2.05, 4.69) is 24.8 Å². The number of hydrogen-bond acceptors (Lipinski definition) is 4. The Bertz CT molecular complexity index is 677. The van der Waals surface area contributed by atoms with E-state index in [0.717, 1.165) is 51.0 Å². The van der Waals surface area contributed by atoms with Crippen LogP contribution in [0.3, 0.4) is 0 Å². The summed E-state index contributed by atoms with van der Waals surface area (Å²) in [5.41, 5.74) is 0.669. The first-order chi connectivity index (χ1) is 13.8. The smallest absolute Gasteiger partial charge is 0.416 e. The molecule has 0 aromatic carbocycles. The highest BCUT2D eigenvalue weighted by molar-refractivity contribution is 5.88. The maximum absolute atomic E-state index is 13.3. The molecule has 5 nitrogen and oxygen atoms in total. The van der Waals surface area contributed by atoms with E-state index in [9.17, 15) is 4.79 Å². The van der Waals surface area contributed by atoms with Gasteiger partial charge in [-0.15, -0.1) is 0 Å². The highest BCUT2D eigenvalue weighted by Gasteiger charge is 2.36. The van der Waals surface area contributed by atoms with Gasteiger partial charge < -0.3 is 4.74 Å². The number of amides is 1. The molecule has 0 bridgehead atoms. The number of likely N-dealkylation sites (tertiary alicyclic amines) is 1. The summed E-state index contributed by atoms with van der Waals surface area (Å²) >= 11 is 0. The molecule has 29 heavy (non-hydrogen) atoms. The summed E-state index contributed by atoms with van der Waals surface area (Å²) in [7, 11) is 0. The van der Waals surface area contributed by atoms with E-state index in [1.807, 2.05) is 37.9 Å². The van der Waals surface area contributed by atoms with Gasteiger partial charge in [-0.25, -0.2) is 9.78 Å². The molecule has 162 valence electrons. The molecular weight excluding hydrogens is 362 g/mol. The largest absolute Gasteiger partial charge is 0.443 e. The van der Waals surface area contributed by atoms with Crippen molar-refractivity contribution >= 4 is 11.9 Å². The Labute approximate surface area is 176 Å². The van der Waals surface area contributed by atoms with E-state index < -0.39 is 5.60 Å². The van der Waals surface area contributed by atoms with Crippen LogP contribution in [0.5, 0.6) is 0 Å². The molecule has 1 aromatic rings. The molecule has 2 aliphatic rings. The third kappa shape index (κ3) is 5.71. The Morgan fingerprint density at radius 1 is 1.21 bits per heavy atom. The molecule has 1 saturated heterocycles. The van der Waals surface area contributed by atoms with E-state index in [1.165, 1.54) is 18.4 Å². The summed E-state index contributed by atoms with van der Waals surface area (Å²) in [6, 6.07) is 4.70. The molecule has 1 aliphatic carbocycles. The van der Waals surface area contributed by atoms with Crippen LogP contribution >= 0.6 is 0 Å². The number of hydrogen-bond donors (Lipinski definition) is 0. The summed E-state index contributed by atoms with van der Waals surface area (Å²) in [5.74, 6) is 1.43. The van der Waals surface area contributed by atoms with Crippen LogP contribution in [0.25, 0.3) is 0 Å². The average molecular weight is 402 g/mol. The number of anilines is 1. The molecule has 3 rings (SSSR count). The Balaban J connectivity index is 1.97. The van der Waals surface area contributed by atoms with Crippen molar-refractivity contribution in [3.05, 3.63) is 23.9 Å². The van der Waals surface area contributed by atoms with Gasteiger partial charge in [-0.1, -0.05) is 39.2 Å². The Hall–Kier alpha value is -1.62. The highest BCUT2D eigenvalue weighted by atomic mass is 16.6. The zero-order valence-electron chi connectivity index (χ0n) is 19.0. The molecule has 2 fully saturated rings. The molecule has 0 radical (unpaired) electrons. The van der Waals surface area contributed by atoms with Crippen molar-refractivity contribution in [3.8, 4) is 0 Å². The van der Waals surface area contributed by atoms with Crippen molar-refractivity contribution < 1.29 is 9.53 Å². The van der Waals surface area contributed by atoms with Gasteiger partial charge in [0.05, 0.1) is 0 Å². The van der Waals surface area contributed by atoms with Crippen molar-refractivity contribution in [3.63, 3.8) is 0 Å². The van der Waals surface area contributed by atoms with Crippen LogP contribution in [0, 0.1) is 5.92 Å². The second-order valence-electron chi connectivity index (χ2n) is 10.1. The van der Waals surface area contributed by atoms with Crippen molar-refractivity contribution in [2.24, 2.45) is 5.92 Å². The molecule has 5 heteroatoms. The number of ether oxygens (including phenoxy) is 1. The summed E-state index contributed by atoms with van der Waals surface area (Å²) in [6.45, 7) is 12.6. The summed E-state index contributed by atoms with van der Waals surface area (Å²) < 4.78 is 5.83. The van der Waals surface area contributed by atoms with Gasteiger partial charge in [-0.05, 0) is 65.0 Å². The number of rotatable bonds is 5. The molecule has 0 N–H and O–H groups in total. The number of carbonyl (C=O) groups excluding carboxylic acids is 1. The van der Waals surface area contributed by atoms with Gasteiger partial charge >= 0.3 is 6.09 Å².